The van der Waals surface area contributed by atoms with Crippen LogP contribution in [0.2, 0.25) is 0 Å². The van der Waals surface area contributed by atoms with E-state index < -0.39 is 17.5 Å². The third-order valence-electron chi connectivity index (χ3n) is 1.62. The number of carbonyl (C=O) groups is 2. The number of esters is 2. The van der Waals surface area contributed by atoms with Crippen molar-refractivity contribution in [1.29, 1.82) is 0 Å². The Bertz CT molecular complexity index is 345. The van der Waals surface area contributed by atoms with Gasteiger partial charge in [0.1, 0.15) is 5.60 Å². The molecule has 0 aliphatic carbocycles. The first kappa shape index (κ1) is 15.4. The Morgan fingerprint density at radius 3 is 2.18 bits per heavy atom. The van der Waals surface area contributed by atoms with Gasteiger partial charge in [-0.3, -0.25) is 4.79 Å². The standard InChI is InChI=1S/C13H20O4/c1-9(2)7-10(12(15)16-6)8-11(14)17-13(3,4)5/h7H,1,8H2,2-6H3/b10-7+. The number of hydrogen-bond acceptors (Lipinski definition) is 4. The summed E-state index contributed by atoms with van der Waals surface area (Å²) < 4.78 is 9.72. The van der Waals surface area contributed by atoms with Crippen LogP contribution in [0.4, 0.5) is 0 Å². The Kier molecular flexibility index (Phi) is 5.65. The molecule has 17 heavy (non-hydrogen) atoms. The van der Waals surface area contributed by atoms with E-state index in [1.165, 1.54) is 13.2 Å². The summed E-state index contributed by atoms with van der Waals surface area (Å²) in [4.78, 5) is 23.0. The molecule has 0 heterocycles. The zero-order chi connectivity index (χ0) is 13.6. The Morgan fingerprint density at radius 2 is 1.82 bits per heavy atom. The molecule has 0 fully saturated rings. The lowest BCUT2D eigenvalue weighted by Gasteiger charge is -2.19. The van der Waals surface area contributed by atoms with Crippen LogP contribution in [0.1, 0.15) is 34.1 Å². The minimum Gasteiger partial charge on any atom is -0.466 e. The first-order valence-electron chi connectivity index (χ1n) is 5.32. The zero-order valence-electron chi connectivity index (χ0n) is 11.1. The average Bonchev–Trinajstić information content (AvgIpc) is 2.11. The van der Waals surface area contributed by atoms with Gasteiger partial charge in [0.25, 0.3) is 0 Å². The van der Waals surface area contributed by atoms with Crippen LogP contribution in [-0.4, -0.2) is 24.6 Å². The topological polar surface area (TPSA) is 52.6 Å². The van der Waals surface area contributed by atoms with Gasteiger partial charge in [0.15, 0.2) is 0 Å². The highest BCUT2D eigenvalue weighted by Gasteiger charge is 2.20. The van der Waals surface area contributed by atoms with Crippen molar-refractivity contribution < 1.29 is 19.1 Å². The third-order valence-corrected chi connectivity index (χ3v) is 1.62. The zero-order valence-corrected chi connectivity index (χ0v) is 11.1. The van der Waals surface area contributed by atoms with Crippen molar-refractivity contribution in [2.45, 2.75) is 39.7 Å². The summed E-state index contributed by atoms with van der Waals surface area (Å²) in [6.45, 7) is 10.7. The second kappa shape index (κ2) is 6.23. The molecule has 0 bridgehead atoms. The van der Waals surface area contributed by atoms with Gasteiger partial charge in [0, 0.05) is 5.57 Å². The molecule has 0 spiro atoms. The first-order valence-corrected chi connectivity index (χ1v) is 5.32. The molecule has 0 radical (unpaired) electrons. The third kappa shape index (κ3) is 7.33. The van der Waals surface area contributed by atoms with E-state index in [-0.39, 0.29) is 12.0 Å². The molecular formula is C13H20O4. The van der Waals surface area contributed by atoms with E-state index in [1.54, 1.807) is 27.7 Å². The lowest BCUT2D eigenvalue weighted by Crippen LogP contribution is -2.25. The SMILES string of the molecule is C=C(C)/C=C(\CC(=O)OC(C)(C)C)C(=O)OC. The molecule has 4 nitrogen and oxygen atoms in total. The highest BCUT2D eigenvalue weighted by atomic mass is 16.6. The molecule has 0 aliphatic rings. The normalized spacial score (nSPS) is 11.9. The second-order valence-corrected chi connectivity index (χ2v) is 4.77. The maximum absolute atomic E-state index is 11.6. The summed E-state index contributed by atoms with van der Waals surface area (Å²) in [6.07, 6.45) is 1.41. The van der Waals surface area contributed by atoms with Crippen LogP contribution < -0.4 is 0 Å². The first-order chi connectivity index (χ1) is 7.65. The minimum absolute atomic E-state index is 0.114. The molecule has 0 N–H and O–H groups in total. The lowest BCUT2D eigenvalue weighted by molar-refractivity contribution is -0.155. The van der Waals surface area contributed by atoms with Crippen LogP contribution in [0.25, 0.3) is 0 Å². The van der Waals surface area contributed by atoms with Crippen molar-refractivity contribution in [3.63, 3.8) is 0 Å². The summed E-state index contributed by atoms with van der Waals surface area (Å²) in [6, 6.07) is 0. The van der Waals surface area contributed by atoms with Gasteiger partial charge in [-0.05, 0) is 33.8 Å². The number of rotatable bonds is 4. The summed E-state index contributed by atoms with van der Waals surface area (Å²) in [5.74, 6) is -1.01. The Morgan fingerprint density at radius 1 is 1.29 bits per heavy atom. The van der Waals surface area contributed by atoms with Gasteiger partial charge in [0.2, 0.25) is 0 Å². The van der Waals surface area contributed by atoms with Crippen molar-refractivity contribution in [2.24, 2.45) is 0 Å². The van der Waals surface area contributed by atoms with Crippen LogP contribution in [0.3, 0.4) is 0 Å². The molecule has 0 amide bonds. The molecule has 0 unspecified atom stereocenters. The monoisotopic (exact) mass is 240 g/mol. The van der Waals surface area contributed by atoms with E-state index in [9.17, 15) is 9.59 Å². The van der Waals surface area contributed by atoms with E-state index in [0.717, 1.165) is 0 Å². The van der Waals surface area contributed by atoms with E-state index in [2.05, 4.69) is 11.3 Å². The highest BCUT2D eigenvalue weighted by molar-refractivity contribution is 5.94. The van der Waals surface area contributed by atoms with Crippen LogP contribution in [0, 0.1) is 0 Å². The molecule has 96 valence electrons. The largest absolute Gasteiger partial charge is 0.466 e. The van der Waals surface area contributed by atoms with Gasteiger partial charge in [-0.15, -0.1) is 0 Å². The van der Waals surface area contributed by atoms with Crippen LogP contribution in [0.15, 0.2) is 23.8 Å². The Balaban J connectivity index is 4.73. The second-order valence-electron chi connectivity index (χ2n) is 4.77. The molecule has 0 aromatic rings. The molecule has 0 aromatic heterocycles. The van der Waals surface area contributed by atoms with E-state index in [0.29, 0.717) is 5.57 Å². The van der Waals surface area contributed by atoms with Crippen LogP contribution >= 0.6 is 0 Å². The molecule has 0 saturated carbocycles. The molecule has 0 atom stereocenters. The fourth-order valence-corrected chi connectivity index (χ4v) is 1.14. The minimum atomic E-state index is -0.568. The predicted molar refractivity (Wildman–Crippen MR) is 65.4 cm³/mol. The van der Waals surface area contributed by atoms with E-state index >= 15 is 0 Å². The highest BCUT2D eigenvalue weighted by Crippen LogP contribution is 2.13. The van der Waals surface area contributed by atoms with Gasteiger partial charge in [-0.2, -0.15) is 0 Å². The summed E-state index contributed by atoms with van der Waals surface area (Å²) in [5, 5.41) is 0. The van der Waals surface area contributed by atoms with Crippen molar-refractivity contribution in [3.05, 3.63) is 23.8 Å². The maximum atomic E-state index is 11.6. The molecule has 0 saturated heterocycles. The van der Waals surface area contributed by atoms with Gasteiger partial charge in [-0.1, -0.05) is 12.2 Å². The van der Waals surface area contributed by atoms with Crippen LogP contribution in [0.5, 0.6) is 0 Å². The Labute approximate surface area is 102 Å². The number of carbonyl (C=O) groups excluding carboxylic acids is 2. The van der Waals surface area contributed by atoms with E-state index in [4.69, 9.17) is 4.74 Å². The quantitative estimate of drug-likeness (QED) is 0.430. The fourth-order valence-electron chi connectivity index (χ4n) is 1.14. The molecular weight excluding hydrogens is 220 g/mol. The predicted octanol–water partition coefficient (Wildman–Crippen LogP) is 2.39. The summed E-state index contributed by atoms with van der Waals surface area (Å²) in [7, 11) is 1.27. The van der Waals surface area contributed by atoms with Crippen molar-refractivity contribution >= 4 is 11.9 Å². The fraction of sp³-hybridized carbons (Fsp3) is 0.538. The maximum Gasteiger partial charge on any atom is 0.334 e. The smallest absolute Gasteiger partial charge is 0.334 e. The summed E-state index contributed by atoms with van der Waals surface area (Å²) >= 11 is 0. The molecule has 0 aliphatic heterocycles. The average molecular weight is 240 g/mol. The van der Waals surface area contributed by atoms with Gasteiger partial charge >= 0.3 is 11.9 Å². The van der Waals surface area contributed by atoms with Gasteiger partial charge in [0.05, 0.1) is 13.5 Å². The lowest BCUT2D eigenvalue weighted by atomic mass is 10.1. The number of methoxy groups -OCH3 is 1. The Hall–Kier alpha value is -1.58. The van der Waals surface area contributed by atoms with Gasteiger partial charge in [-0.25, -0.2) is 4.79 Å². The molecule has 0 rings (SSSR count). The molecule has 4 heteroatoms. The number of hydrogen-bond donors (Lipinski definition) is 0. The van der Waals surface area contributed by atoms with E-state index in [1.807, 2.05) is 0 Å². The van der Waals surface area contributed by atoms with Gasteiger partial charge < -0.3 is 9.47 Å². The van der Waals surface area contributed by atoms with Crippen molar-refractivity contribution in [2.75, 3.05) is 7.11 Å². The number of ether oxygens (including phenoxy) is 2. The number of allylic oxidation sites excluding steroid dienone is 2. The van der Waals surface area contributed by atoms with Crippen LogP contribution in [-0.2, 0) is 19.1 Å². The summed E-state index contributed by atoms with van der Waals surface area (Å²) in [5.41, 5.74) is 0.352. The molecule has 0 aromatic carbocycles. The van der Waals surface area contributed by atoms with Crippen molar-refractivity contribution in [3.8, 4) is 0 Å². The van der Waals surface area contributed by atoms with Crippen molar-refractivity contribution in [1.82, 2.24) is 0 Å².